The molecule has 0 fully saturated rings. The van der Waals surface area contributed by atoms with Crippen LogP contribution >= 0.6 is 24.0 Å². The molecule has 2 nitrogen and oxygen atoms in total. The van der Waals surface area contributed by atoms with Crippen LogP contribution in [-0.2, 0) is 0 Å². The second-order valence-electron chi connectivity index (χ2n) is 1.94. The van der Waals surface area contributed by atoms with Gasteiger partial charge in [-0.25, -0.2) is 9.37 Å². The van der Waals surface area contributed by atoms with Crippen LogP contribution in [0.25, 0.3) is 0 Å². The van der Waals surface area contributed by atoms with Gasteiger partial charge in [-0.05, 0) is 6.92 Å². The van der Waals surface area contributed by atoms with Crippen molar-refractivity contribution >= 4 is 29.7 Å². The molecule has 0 aliphatic heterocycles. The molecule has 1 aromatic heterocycles. The summed E-state index contributed by atoms with van der Waals surface area (Å²) in [6.07, 6.45) is 1.33. The first-order valence-corrected chi connectivity index (χ1v) is 3.07. The summed E-state index contributed by atoms with van der Waals surface area (Å²) in [6.45, 7) is 1.55. The van der Waals surface area contributed by atoms with Gasteiger partial charge in [-0.2, -0.15) is 0 Å². The summed E-state index contributed by atoms with van der Waals surface area (Å²) >= 11 is 5.34. The summed E-state index contributed by atoms with van der Waals surface area (Å²) in [7, 11) is 0. The molecule has 0 aromatic carbocycles. The number of nitrogens with zero attached hydrogens (tertiary/aromatic N) is 1. The lowest BCUT2D eigenvalue weighted by molar-refractivity contribution is 0.613. The molecule has 0 atom stereocenters. The number of hydrogen-bond acceptors (Lipinski definition) is 2. The van der Waals surface area contributed by atoms with E-state index in [-0.39, 0.29) is 17.6 Å². The number of halogens is 3. The van der Waals surface area contributed by atoms with Crippen LogP contribution in [0.1, 0.15) is 5.56 Å². The van der Waals surface area contributed by atoms with Gasteiger partial charge in [0, 0.05) is 5.56 Å². The van der Waals surface area contributed by atoms with Crippen LogP contribution in [0.4, 0.5) is 10.1 Å². The fraction of sp³-hybridized carbons (Fsp3) is 0.167. The standard InChI is InChI=1S/C6H6ClFN2.ClH/c1-3-4(9)2-10-6(7)5(3)8;/h2H,9H2,1H3;1H. The topological polar surface area (TPSA) is 38.9 Å². The Balaban J connectivity index is 0.000001000. The van der Waals surface area contributed by atoms with Gasteiger partial charge in [0.15, 0.2) is 11.0 Å². The van der Waals surface area contributed by atoms with Gasteiger partial charge >= 0.3 is 0 Å². The second kappa shape index (κ2) is 3.74. The number of aromatic nitrogens is 1. The van der Waals surface area contributed by atoms with E-state index in [0.29, 0.717) is 11.3 Å². The molecule has 0 saturated carbocycles. The normalized spacial score (nSPS) is 9.00. The quantitative estimate of drug-likeness (QED) is 0.647. The largest absolute Gasteiger partial charge is 0.397 e. The summed E-state index contributed by atoms with van der Waals surface area (Å²) in [4.78, 5) is 3.50. The van der Waals surface area contributed by atoms with Gasteiger partial charge in [0.05, 0.1) is 11.9 Å². The van der Waals surface area contributed by atoms with Gasteiger partial charge in [-0.3, -0.25) is 0 Å². The zero-order valence-electron chi connectivity index (χ0n) is 5.77. The van der Waals surface area contributed by atoms with Gasteiger partial charge in [0.25, 0.3) is 0 Å². The fourth-order valence-electron chi connectivity index (χ4n) is 0.561. The van der Waals surface area contributed by atoms with Gasteiger partial charge in [0.2, 0.25) is 0 Å². The Kier molecular flexibility index (Phi) is 3.55. The van der Waals surface area contributed by atoms with Crippen molar-refractivity contribution in [1.82, 2.24) is 4.98 Å². The predicted octanol–water partition coefficient (Wildman–Crippen LogP) is 2.19. The van der Waals surface area contributed by atoms with E-state index in [1.54, 1.807) is 6.92 Å². The maximum atomic E-state index is 12.7. The lowest BCUT2D eigenvalue weighted by Gasteiger charge is -2.00. The van der Waals surface area contributed by atoms with Crippen LogP contribution in [0.5, 0.6) is 0 Å². The predicted molar refractivity (Wildman–Crippen MR) is 45.6 cm³/mol. The molecule has 11 heavy (non-hydrogen) atoms. The third kappa shape index (κ3) is 1.94. The van der Waals surface area contributed by atoms with E-state index >= 15 is 0 Å². The molecule has 1 heterocycles. The van der Waals surface area contributed by atoms with Crippen molar-refractivity contribution in [2.45, 2.75) is 6.92 Å². The number of hydrogen-bond donors (Lipinski definition) is 1. The number of anilines is 1. The van der Waals surface area contributed by atoms with Crippen molar-refractivity contribution in [3.8, 4) is 0 Å². The third-order valence-corrected chi connectivity index (χ3v) is 1.52. The molecule has 0 aliphatic carbocycles. The molecule has 0 radical (unpaired) electrons. The molecule has 1 aromatic rings. The van der Waals surface area contributed by atoms with Crippen LogP contribution in [0, 0.1) is 12.7 Å². The van der Waals surface area contributed by atoms with Gasteiger partial charge in [-0.15, -0.1) is 12.4 Å². The molecular weight excluding hydrogens is 190 g/mol. The molecule has 2 N–H and O–H groups in total. The summed E-state index contributed by atoms with van der Waals surface area (Å²) in [6, 6.07) is 0. The van der Waals surface area contributed by atoms with Crippen LogP contribution < -0.4 is 5.73 Å². The van der Waals surface area contributed by atoms with Gasteiger partial charge in [0.1, 0.15) is 0 Å². The number of rotatable bonds is 0. The summed E-state index contributed by atoms with van der Waals surface area (Å²) < 4.78 is 12.7. The molecule has 5 heteroatoms. The van der Waals surface area contributed by atoms with Crippen molar-refractivity contribution in [1.29, 1.82) is 0 Å². The molecule has 1 rings (SSSR count). The smallest absolute Gasteiger partial charge is 0.165 e. The lowest BCUT2D eigenvalue weighted by atomic mass is 10.2. The Bertz CT molecular complexity index is 238. The highest BCUT2D eigenvalue weighted by molar-refractivity contribution is 6.29. The third-order valence-electron chi connectivity index (χ3n) is 1.26. The number of nitrogen functional groups attached to an aromatic ring is 1. The van der Waals surface area contributed by atoms with Crippen LogP contribution in [0.15, 0.2) is 6.20 Å². The minimum Gasteiger partial charge on any atom is -0.397 e. The number of nitrogens with two attached hydrogens (primary N) is 1. The first-order valence-electron chi connectivity index (χ1n) is 2.69. The van der Waals surface area contributed by atoms with E-state index in [1.165, 1.54) is 6.20 Å². The minimum atomic E-state index is -0.540. The van der Waals surface area contributed by atoms with Crippen LogP contribution in [-0.4, -0.2) is 4.98 Å². The molecule has 0 unspecified atom stereocenters. The van der Waals surface area contributed by atoms with Crippen molar-refractivity contribution < 1.29 is 4.39 Å². The first kappa shape index (κ1) is 10.5. The Morgan fingerprint density at radius 1 is 1.64 bits per heavy atom. The SMILES string of the molecule is Cc1c(N)cnc(Cl)c1F.Cl. The lowest BCUT2D eigenvalue weighted by Crippen LogP contribution is -1.95. The summed E-state index contributed by atoms with van der Waals surface area (Å²) in [5.41, 5.74) is 6.00. The van der Waals surface area contributed by atoms with Crippen molar-refractivity contribution in [3.05, 3.63) is 22.7 Å². The highest BCUT2D eigenvalue weighted by atomic mass is 35.5. The van der Waals surface area contributed by atoms with E-state index < -0.39 is 5.82 Å². The molecular formula is C6H7Cl2FN2. The van der Waals surface area contributed by atoms with Crippen molar-refractivity contribution in [2.24, 2.45) is 0 Å². The molecule has 0 spiro atoms. The molecule has 0 saturated heterocycles. The Hall–Kier alpha value is -0.540. The summed E-state index contributed by atoms with van der Waals surface area (Å²) in [5.74, 6) is -0.540. The molecule has 0 amide bonds. The maximum Gasteiger partial charge on any atom is 0.165 e. The highest BCUT2D eigenvalue weighted by Crippen LogP contribution is 2.18. The maximum absolute atomic E-state index is 12.7. The monoisotopic (exact) mass is 196 g/mol. The van der Waals surface area contributed by atoms with E-state index in [9.17, 15) is 4.39 Å². The second-order valence-corrected chi connectivity index (χ2v) is 2.30. The molecule has 62 valence electrons. The fourth-order valence-corrected chi connectivity index (χ4v) is 0.752. The molecule has 0 bridgehead atoms. The average Bonchev–Trinajstić information content (AvgIpc) is 1.93. The van der Waals surface area contributed by atoms with Crippen molar-refractivity contribution in [3.63, 3.8) is 0 Å². The zero-order valence-corrected chi connectivity index (χ0v) is 7.34. The van der Waals surface area contributed by atoms with E-state index in [1.807, 2.05) is 0 Å². The van der Waals surface area contributed by atoms with Gasteiger partial charge < -0.3 is 5.73 Å². The summed E-state index contributed by atoms with van der Waals surface area (Å²) in [5, 5.41) is -0.133. The Morgan fingerprint density at radius 3 is 2.64 bits per heavy atom. The van der Waals surface area contributed by atoms with Crippen LogP contribution in [0.3, 0.4) is 0 Å². The molecule has 0 aliphatic rings. The van der Waals surface area contributed by atoms with Crippen LogP contribution in [0.2, 0.25) is 5.15 Å². The first-order chi connectivity index (χ1) is 4.63. The van der Waals surface area contributed by atoms with Crippen molar-refractivity contribution in [2.75, 3.05) is 5.73 Å². The average molecular weight is 197 g/mol. The van der Waals surface area contributed by atoms with E-state index in [0.717, 1.165) is 0 Å². The zero-order chi connectivity index (χ0) is 7.72. The van der Waals surface area contributed by atoms with E-state index in [2.05, 4.69) is 4.98 Å². The number of pyridine rings is 1. The Morgan fingerprint density at radius 2 is 2.18 bits per heavy atom. The van der Waals surface area contributed by atoms with E-state index in [4.69, 9.17) is 17.3 Å². The van der Waals surface area contributed by atoms with Gasteiger partial charge in [-0.1, -0.05) is 11.6 Å². The Labute approximate surface area is 75.0 Å². The minimum absolute atomic E-state index is 0. The highest BCUT2D eigenvalue weighted by Gasteiger charge is 2.05.